The average Bonchev–Trinajstić information content (AvgIpc) is 2.74. The van der Waals surface area contributed by atoms with Gasteiger partial charge in [-0.25, -0.2) is 4.39 Å². The third kappa shape index (κ3) is 2.24. The van der Waals surface area contributed by atoms with Crippen LogP contribution in [-0.2, 0) is 0 Å². The number of nitrogens with two attached hydrogens (primary N) is 1. The molecule has 0 aliphatic carbocycles. The second-order valence-corrected chi connectivity index (χ2v) is 4.45. The van der Waals surface area contributed by atoms with Crippen LogP contribution in [0.25, 0.3) is 0 Å². The molecule has 1 unspecified atom stereocenters. The van der Waals surface area contributed by atoms with Crippen molar-refractivity contribution < 1.29 is 9.18 Å². The summed E-state index contributed by atoms with van der Waals surface area (Å²) in [5, 5.41) is 0. The van der Waals surface area contributed by atoms with Gasteiger partial charge < -0.3 is 10.3 Å². The monoisotopic (exact) mass is 237 g/mol. The van der Waals surface area contributed by atoms with Crippen molar-refractivity contribution in [3.05, 3.63) is 29.6 Å². The molecule has 92 valence electrons. The van der Waals surface area contributed by atoms with Crippen molar-refractivity contribution >= 4 is 11.6 Å². The van der Waals surface area contributed by atoms with Gasteiger partial charge in [0.15, 0.2) is 0 Å². The first-order chi connectivity index (χ1) is 8.13. The fourth-order valence-corrected chi connectivity index (χ4v) is 2.14. The van der Waals surface area contributed by atoms with Gasteiger partial charge in [0.25, 0.3) is 5.91 Å². The molecule has 2 rings (SSSR count). The van der Waals surface area contributed by atoms with Gasteiger partial charge in [-0.15, -0.1) is 0 Å². The maximum atomic E-state index is 13.5. The molecule has 17 heavy (non-hydrogen) atoms. The van der Waals surface area contributed by atoms with Crippen molar-refractivity contribution in [2.75, 3.05) is 18.5 Å². The highest BCUT2D eigenvalue weighted by Crippen LogP contribution is 2.23. The highest BCUT2D eigenvalue weighted by Gasteiger charge is 2.26. The maximum Gasteiger partial charge on any atom is 0.256 e. The first kappa shape index (κ1) is 11.9. The minimum absolute atomic E-state index is 0.0667. The Balaban J connectivity index is 2.28. The first-order valence-corrected chi connectivity index (χ1v) is 5.68. The molecule has 1 amide bonds. The summed E-state index contributed by atoms with van der Waals surface area (Å²) in [6.45, 7) is 3.54. The number of benzene rings is 1. The minimum Gasteiger partial charge on any atom is -0.338 e. The summed E-state index contributed by atoms with van der Waals surface area (Å²) < 4.78 is 13.5. The molecule has 3 N–H and O–H groups in total. The largest absolute Gasteiger partial charge is 0.338 e. The summed E-state index contributed by atoms with van der Waals surface area (Å²) in [6, 6.07) is 4.38. The van der Waals surface area contributed by atoms with Crippen LogP contribution < -0.4 is 11.3 Å². The van der Waals surface area contributed by atoms with Gasteiger partial charge in [0, 0.05) is 13.1 Å². The van der Waals surface area contributed by atoms with Crippen molar-refractivity contribution in [2.45, 2.75) is 13.3 Å². The van der Waals surface area contributed by atoms with Gasteiger partial charge in [0.05, 0.1) is 11.3 Å². The van der Waals surface area contributed by atoms with Crippen LogP contribution in [0.3, 0.4) is 0 Å². The van der Waals surface area contributed by atoms with Crippen molar-refractivity contribution in [3.63, 3.8) is 0 Å². The van der Waals surface area contributed by atoms with Crippen molar-refractivity contribution in [1.29, 1.82) is 0 Å². The second-order valence-electron chi connectivity index (χ2n) is 4.45. The third-order valence-electron chi connectivity index (χ3n) is 3.10. The Morgan fingerprint density at radius 1 is 1.59 bits per heavy atom. The van der Waals surface area contributed by atoms with E-state index in [2.05, 4.69) is 12.3 Å². The van der Waals surface area contributed by atoms with Crippen LogP contribution in [-0.4, -0.2) is 23.9 Å². The molecule has 1 aliphatic heterocycles. The van der Waals surface area contributed by atoms with E-state index in [-0.39, 0.29) is 11.6 Å². The normalized spacial score (nSPS) is 19.5. The number of hydrazine groups is 1. The number of hydrogen-bond acceptors (Lipinski definition) is 3. The fraction of sp³-hybridized carbons (Fsp3) is 0.417. The number of hydrogen-bond donors (Lipinski definition) is 2. The van der Waals surface area contributed by atoms with Crippen LogP contribution in [0.5, 0.6) is 0 Å². The molecule has 0 saturated carbocycles. The van der Waals surface area contributed by atoms with Gasteiger partial charge in [-0.05, 0) is 24.5 Å². The second kappa shape index (κ2) is 4.71. The van der Waals surface area contributed by atoms with E-state index < -0.39 is 5.82 Å². The van der Waals surface area contributed by atoms with Crippen molar-refractivity contribution in [2.24, 2.45) is 11.8 Å². The molecule has 1 saturated heterocycles. The molecule has 1 aromatic rings. The number of nitrogens with one attached hydrogen (secondary N) is 1. The number of carbonyl (C=O) groups is 1. The smallest absolute Gasteiger partial charge is 0.256 e. The van der Waals surface area contributed by atoms with Gasteiger partial charge in [-0.3, -0.25) is 10.6 Å². The molecule has 5 heteroatoms. The number of halogens is 1. The highest BCUT2D eigenvalue weighted by atomic mass is 19.1. The zero-order chi connectivity index (χ0) is 12.4. The number of amides is 1. The number of para-hydroxylation sites is 1. The molecule has 0 spiro atoms. The Labute approximate surface area is 99.6 Å². The topological polar surface area (TPSA) is 58.4 Å². The average molecular weight is 237 g/mol. The van der Waals surface area contributed by atoms with Crippen LogP contribution in [0.15, 0.2) is 18.2 Å². The summed E-state index contributed by atoms with van der Waals surface area (Å²) in [5.41, 5.74) is 2.62. The fourth-order valence-electron chi connectivity index (χ4n) is 2.14. The summed E-state index contributed by atoms with van der Waals surface area (Å²) >= 11 is 0. The lowest BCUT2D eigenvalue weighted by Crippen LogP contribution is -2.29. The van der Waals surface area contributed by atoms with Gasteiger partial charge >= 0.3 is 0 Å². The molecule has 1 heterocycles. The number of nitrogens with zero attached hydrogens (tertiary/aromatic N) is 1. The summed E-state index contributed by atoms with van der Waals surface area (Å²) in [4.78, 5) is 13.9. The summed E-state index contributed by atoms with van der Waals surface area (Å²) in [5.74, 6) is 5.08. The Kier molecular flexibility index (Phi) is 3.28. The van der Waals surface area contributed by atoms with Crippen LogP contribution in [0.2, 0.25) is 0 Å². The Morgan fingerprint density at radius 3 is 2.94 bits per heavy atom. The predicted molar refractivity (Wildman–Crippen MR) is 63.9 cm³/mol. The molecule has 0 bridgehead atoms. The minimum atomic E-state index is -0.509. The van der Waals surface area contributed by atoms with E-state index in [0.29, 0.717) is 11.5 Å². The molecule has 1 aliphatic rings. The van der Waals surface area contributed by atoms with E-state index in [0.717, 1.165) is 19.5 Å². The first-order valence-electron chi connectivity index (χ1n) is 5.68. The van der Waals surface area contributed by atoms with Gasteiger partial charge in [-0.1, -0.05) is 13.0 Å². The van der Waals surface area contributed by atoms with Crippen molar-refractivity contribution in [3.8, 4) is 0 Å². The van der Waals surface area contributed by atoms with Crippen LogP contribution in [0.1, 0.15) is 23.7 Å². The molecule has 1 fully saturated rings. The molecule has 4 nitrogen and oxygen atoms in total. The molecular formula is C12H16FN3O. The van der Waals surface area contributed by atoms with Gasteiger partial charge in [-0.2, -0.15) is 0 Å². The lowest BCUT2D eigenvalue weighted by Gasteiger charge is -2.18. The van der Waals surface area contributed by atoms with E-state index in [1.807, 2.05) is 0 Å². The number of nitrogen functional groups attached to an aromatic ring is 1. The van der Waals surface area contributed by atoms with Gasteiger partial charge in [0.2, 0.25) is 0 Å². The maximum absolute atomic E-state index is 13.5. The third-order valence-corrected chi connectivity index (χ3v) is 3.10. The molecule has 1 aromatic carbocycles. The van der Waals surface area contributed by atoms with E-state index in [1.54, 1.807) is 11.0 Å². The lowest BCUT2D eigenvalue weighted by molar-refractivity contribution is 0.0788. The van der Waals surface area contributed by atoms with Crippen LogP contribution in [0.4, 0.5) is 10.1 Å². The SMILES string of the molecule is CC1CCN(C(=O)c2cccc(F)c2NN)C1. The van der Waals surface area contributed by atoms with E-state index in [4.69, 9.17) is 5.84 Å². The zero-order valence-corrected chi connectivity index (χ0v) is 9.74. The van der Waals surface area contributed by atoms with Crippen molar-refractivity contribution in [1.82, 2.24) is 4.90 Å². The quantitative estimate of drug-likeness (QED) is 0.606. The van der Waals surface area contributed by atoms with Crippen LogP contribution >= 0.6 is 0 Å². The Morgan fingerprint density at radius 2 is 2.35 bits per heavy atom. The lowest BCUT2D eigenvalue weighted by atomic mass is 10.1. The van der Waals surface area contributed by atoms with E-state index >= 15 is 0 Å². The molecule has 1 atom stereocenters. The Hall–Kier alpha value is -1.62. The van der Waals surface area contributed by atoms with Crippen LogP contribution in [0, 0.1) is 11.7 Å². The van der Waals surface area contributed by atoms with E-state index in [1.165, 1.54) is 12.1 Å². The predicted octanol–water partition coefficient (Wildman–Crippen LogP) is 1.59. The van der Waals surface area contributed by atoms with E-state index in [9.17, 15) is 9.18 Å². The number of carbonyl (C=O) groups excluding carboxylic acids is 1. The number of rotatable bonds is 2. The van der Waals surface area contributed by atoms with Gasteiger partial charge in [0.1, 0.15) is 5.82 Å². The summed E-state index contributed by atoms with van der Waals surface area (Å²) in [6.07, 6.45) is 0.993. The molecule has 0 aromatic heterocycles. The zero-order valence-electron chi connectivity index (χ0n) is 9.74. The molecular weight excluding hydrogens is 221 g/mol. The number of anilines is 1. The molecule has 0 radical (unpaired) electrons. The number of likely N-dealkylation sites (tertiary alicyclic amines) is 1. The summed E-state index contributed by atoms with van der Waals surface area (Å²) in [7, 11) is 0. The Bertz CT molecular complexity index is 436. The standard InChI is InChI=1S/C12H16FN3O/c1-8-5-6-16(7-8)12(17)9-3-2-4-10(13)11(9)15-14/h2-4,8,15H,5-7,14H2,1H3. The highest BCUT2D eigenvalue weighted by molar-refractivity contribution is 5.99.